The van der Waals surface area contributed by atoms with Crippen molar-refractivity contribution in [2.24, 2.45) is 0 Å². The van der Waals surface area contributed by atoms with Crippen LogP contribution in [0.25, 0.3) is 0 Å². The van der Waals surface area contributed by atoms with E-state index in [9.17, 15) is 0 Å². The standard InChI is InChI=1S/C3H7Br.C3H7.Li/c1-2-3-4;1-3-2;/h2-3H2,1H3;3H,1-2H3;/q;-1;+1. The second-order valence-corrected chi connectivity index (χ2v) is 2.06. The summed E-state index contributed by atoms with van der Waals surface area (Å²) in [6.07, 6.45) is 3.24. The van der Waals surface area contributed by atoms with Crippen molar-refractivity contribution in [2.45, 2.75) is 27.2 Å². The predicted molar refractivity (Wildman–Crippen MR) is 39.7 cm³/mol. The molecule has 0 N–H and O–H groups in total. The Kier molecular flexibility index (Phi) is 48.8. The van der Waals surface area contributed by atoms with E-state index in [1.165, 1.54) is 6.42 Å². The van der Waals surface area contributed by atoms with Crippen molar-refractivity contribution < 1.29 is 18.9 Å². The zero-order chi connectivity index (χ0) is 6.12. The van der Waals surface area contributed by atoms with E-state index < -0.39 is 0 Å². The molecule has 0 aliphatic heterocycles. The summed E-state index contributed by atoms with van der Waals surface area (Å²) in [7, 11) is 0. The molecule has 0 rings (SSSR count). The van der Waals surface area contributed by atoms with Crippen LogP contribution in [0, 0.1) is 6.42 Å². The number of halogens is 1. The van der Waals surface area contributed by atoms with E-state index in [1.54, 1.807) is 0 Å². The van der Waals surface area contributed by atoms with E-state index >= 15 is 0 Å². The van der Waals surface area contributed by atoms with Crippen molar-refractivity contribution in [3.63, 3.8) is 0 Å². The van der Waals surface area contributed by atoms with Gasteiger partial charge in [-0.25, -0.2) is 0 Å². The molecule has 2 heteroatoms. The summed E-state index contributed by atoms with van der Waals surface area (Å²) < 4.78 is 0. The average molecular weight is 173 g/mol. The van der Waals surface area contributed by atoms with Gasteiger partial charge in [0, 0.05) is 5.33 Å². The first-order chi connectivity index (χ1) is 3.33. The fourth-order valence-electron chi connectivity index (χ4n) is 0. The van der Waals surface area contributed by atoms with Crippen LogP contribution in [0.5, 0.6) is 0 Å². The summed E-state index contributed by atoms with van der Waals surface area (Å²) in [5.41, 5.74) is 0. The fraction of sp³-hybridized carbons (Fsp3) is 0.833. The molecule has 0 heterocycles. The number of rotatable bonds is 1. The van der Waals surface area contributed by atoms with Crippen LogP contribution in [-0.4, -0.2) is 5.33 Å². The van der Waals surface area contributed by atoms with E-state index in [0.717, 1.165) is 5.33 Å². The van der Waals surface area contributed by atoms with Gasteiger partial charge in [-0.15, -0.1) is 0 Å². The van der Waals surface area contributed by atoms with Crippen molar-refractivity contribution in [1.82, 2.24) is 0 Å². The van der Waals surface area contributed by atoms with E-state index in [1.807, 2.05) is 20.3 Å². The second kappa shape index (κ2) is 24.3. The Labute approximate surface area is 73.7 Å². The third-order valence-corrected chi connectivity index (χ3v) is 0.982. The molecule has 46 valence electrons. The van der Waals surface area contributed by atoms with Gasteiger partial charge in [0.25, 0.3) is 0 Å². The van der Waals surface area contributed by atoms with Gasteiger partial charge in [0.1, 0.15) is 0 Å². The van der Waals surface area contributed by atoms with Crippen LogP contribution in [-0.2, 0) is 0 Å². The molecule has 0 aliphatic carbocycles. The molecule has 0 amide bonds. The summed E-state index contributed by atoms with van der Waals surface area (Å²) in [6, 6.07) is 0. The maximum absolute atomic E-state index is 3.25. The molecule has 0 spiro atoms. The van der Waals surface area contributed by atoms with E-state index in [0.29, 0.717) is 0 Å². The zero-order valence-corrected chi connectivity index (χ0v) is 7.96. The van der Waals surface area contributed by atoms with Gasteiger partial charge in [0.05, 0.1) is 0 Å². The Hall–Kier alpha value is 1.08. The summed E-state index contributed by atoms with van der Waals surface area (Å²) in [5, 5.41) is 1.13. The number of hydrogen-bond acceptors (Lipinski definition) is 0. The van der Waals surface area contributed by atoms with Crippen molar-refractivity contribution in [3.05, 3.63) is 6.42 Å². The molecule has 0 aromatic carbocycles. The largest absolute Gasteiger partial charge is 1.00 e. The van der Waals surface area contributed by atoms with Crippen molar-refractivity contribution in [2.75, 3.05) is 5.33 Å². The van der Waals surface area contributed by atoms with E-state index in [2.05, 4.69) is 22.9 Å². The molecule has 0 aromatic rings. The van der Waals surface area contributed by atoms with Crippen LogP contribution in [0.15, 0.2) is 0 Å². The van der Waals surface area contributed by atoms with Gasteiger partial charge in [-0.3, -0.25) is 0 Å². The molecule has 0 aliphatic rings. The Morgan fingerprint density at radius 3 is 1.50 bits per heavy atom. The Morgan fingerprint density at radius 1 is 1.38 bits per heavy atom. The smallest absolute Gasteiger partial charge is 0.335 e. The monoisotopic (exact) mass is 172 g/mol. The molecule has 0 saturated heterocycles. The molecule has 0 unspecified atom stereocenters. The summed E-state index contributed by atoms with van der Waals surface area (Å²) in [6.45, 7) is 6.13. The van der Waals surface area contributed by atoms with Crippen LogP contribution in [0.3, 0.4) is 0 Å². The van der Waals surface area contributed by atoms with Crippen molar-refractivity contribution in [3.8, 4) is 0 Å². The van der Waals surface area contributed by atoms with Gasteiger partial charge >= 0.3 is 18.9 Å². The van der Waals surface area contributed by atoms with Crippen LogP contribution in [0.4, 0.5) is 0 Å². The first-order valence-electron chi connectivity index (χ1n) is 2.63. The number of hydrogen-bond donors (Lipinski definition) is 0. The van der Waals surface area contributed by atoms with Gasteiger partial charge < -0.3 is 6.42 Å². The van der Waals surface area contributed by atoms with Crippen molar-refractivity contribution >= 4 is 15.9 Å². The molecule has 0 atom stereocenters. The van der Waals surface area contributed by atoms with Gasteiger partial charge in [-0.2, -0.15) is 13.8 Å². The molecular formula is C6H14BrLi. The Balaban J connectivity index is -0.0000000575. The van der Waals surface area contributed by atoms with Gasteiger partial charge in [-0.05, 0) is 6.42 Å². The topological polar surface area (TPSA) is 0 Å². The van der Waals surface area contributed by atoms with Crippen LogP contribution >= 0.6 is 15.9 Å². The zero-order valence-electron chi connectivity index (χ0n) is 6.37. The fourth-order valence-corrected chi connectivity index (χ4v) is 0. The second-order valence-electron chi connectivity index (χ2n) is 1.27. The Morgan fingerprint density at radius 2 is 1.50 bits per heavy atom. The van der Waals surface area contributed by atoms with Gasteiger partial charge in [0.15, 0.2) is 0 Å². The Bertz CT molecular complexity index is 16.0. The summed E-state index contributed by atoms with van der Waals surface area (Å²) in [4.78, 5) is 0. The average Bonchev–Trinajstić information content (AvgIpc) is 1.69. The third-order valence-electron chi connectivity index (χ3n) is 0.189. The van der Waals surface area contributed by atoms with Gasteiger partial charge in [-0.1, -0.05) is 22.9 Å². The molecule has 8 heavy (non-hydrogen) atoms. The molecule has 0 nitrogen and oxygen atoms in total. The van der Waals surface area contributed by atoms with Gasteiger partial charge in [0.2, 0.25) is 0 Å². The molecular weight excluding hydrogens is 159 g/mol. The quantitative estimate of drug-likeness (QED) is 0.298. The molecule has 0 aromatic heterocycles. The SMILES string of the molecule is CCCBr.C[CH-]C.[Li+]. The maximum atomic E-state index is 3.25. The van der Waals surface area contributed by atoms with Crippen molar-refractivity contribution in [1.29, 1.82) is 0 Å². The molecule has 0 saturated carbocycles. The molecule has 0 bridgehead atoms. The minimum absolute atomic E-state index is 0. The van der Waals surface area contributed by atoms with E-state index in [4.69, 9.17) is 0 Å². The predicted octanol–water partition coefficient (Wildman–Crippen LogP) is 0.0258. The first kappa shape index (κ1) is 16.0. The normalized spacial score (nSPS) is 6.00. The van der Waals surface area contributed by atoms with Crippen LogP contribution in [0.1, 0.15) is 27.2 Å². The summed E-state index contributed by atoms with van der Waals surface area (Å²) in [5.74, 6) is 0. The molecule has 0 fully saturated rings. The van der Waals surface area contributed by atoms with E-state index in [-0.39, 0.29) is 18.9 Å². The maximum Gasteiger partial charge on any atom is 1.00 e. The summed E-state index contributed by atoms with van der Waals surface area (Å²) >= 11 is 3.25. The third kappa shape index (κ3) is 60.6. The minimum atomic E-state index is 0. The van der Waals surface area contributed by atoms with Crippen LogP contribution < -0.4 is 18.9 Å². The number of alkyl halides is 1. The minimum Gasteiger partial charge on any atom is -0.335 e. The molecule has 0 radical (unpaired) electrons. The first-order valence-corrected chi connectivity index (χ1v) is 3.75. The van der Waals surface area contributed by atoms with Crippen LogP contribution in [0.2, 0.25) is 0 Å².